The number of nitriles is 1. The highest BCUT2D eigenvalue weighted by atomic mass is 16.5. The number of ether oxygens (including phenoxy) is 1. The summed E-state index contributed by atoms with van der Waals surface area (Å²) in [6.07, 6.45) is 0.897. The maximum atomic E-state index is 11.2. The van der Waals surface area contributed by atoms with E-state index in [1.54, 1.807) is 6.92 Å². The normalized spacial score (nSPS) is 12.2. The number of hydrogen-bond acceptors (Lipinski definition) is 4. The maximum Gasteiger partial charge on any atom is 0.307 e. The lowest BCUT2D eigenvalue weighted by molar-refractivity contribution is -0.144. The van der Waals surface area contributed by atoms with Gasteiger partial charge in [0.1, 0.15) is 0 Å². The molecule has 0 saturated carbocycles. The average molecular weight is 212 g/mol. The first-order valence-electron chi connectivity index (χ1n) is 5.42. The van der Waals surface area contributed by atoms with E-state index in [4.69, 9.17) is 10.00 Å². The molecule has 0 saturated heterocycles. The Kier molecular flexibility index (Phi) is 7.65. The summed E-state index contributed by atoms with van der Waals surface area (Å²) in [5.41, 5.74) is 0. The van der Waals surface area contributed by atoms with E-state index in [1.807, 2.05) is 13.8 Å². The molecular weight excluding hydrogens is 192 g/mol. The highest BCUT2D eigenvalue weighted by Crippen LogP contribution is 2.05. The Morgan fingerprint density at radius 2 is 2.20 bits per heavy atom. The highest BCUT2D eigenvalue weighted by Gasteiger charge is 2.15. The predicted molar refractivity (Wildman–Crippen MR) is 58.2 cm³/mol. The number of rotatable bonds is 7. The number of nitrogens with zero attached hydrogens (tertiary/aromatic N) is 2. The molecule has 0 aliphatic rings. The summed E-state index contributed by atoms with van der Waals surface area (Å²) in [5, 5.41) is 8.49. The van der Waals surface area contributed by atoms with Crippen LogP contribution in [0.15, 0.2) is 0 Å². The van der Waals surface area contributed by atoms with Crippen molar-refractivity contribution in [3.8, 4) is 6.07 Å². The zero-order valence-electron chi connectivity index (χ0n) is 9.82. The molecule has 4 nitrogen and oxygen atoms in total. The largest absolute Gasteiger partial charge is 0.466 e. The van der Waals surface area contributed by atoms with Crippen LogP contribution in [0.1, 0.15) is 33.6 Å². The Balaban J connectivity index is 3.98. The van der Waals surface area contributed by atoms with E-state index in [0.717, 1.165) is 6.54 Å². The molecule has 0 bridgehead atoms. The van der Waals surface area contributed by atoms with Crippen molar-refractivity contribution < 1.29 is 9.53 Å². The standard InChI is InChI=1S/C11H20N2O2/c1-4-13(8-6-7-12)10(3)9-11(14)15-5-2/h10H,4-6,8-9H2,1-3H3. The van der Waals surface area contributed by atoms with Crippen LogP contribution in [0.5, 0.6) is 0 Å². The van der Waals surface area contributed by atoms with E-state index in [1.165, 1.54) is 0 Å². The molecule has 15 heavy (non-hydrogen) atoms. The van der Waals surface area contributed by atoms with Gasteiger partial charge in [-0.3, -0.25) is 9.69 Å². The molecule has 1 atom stereocenters. The molecule has 0 aliphatic carbocycles. The average Bonchev–Trinajstić information content (AvgIpc) is 2.19. The van der Waals surface area contributed by atoms with Gasteiger partial charge < -0.3 is 4.74 Å². The molecule has 0 aromatic carbocycles. The number of esters is 1. The van der Waals surface area contributed by atoms with Gasteiger partial charge in [0.05, 0.1) is 19.1 Å². The van der Waals surface area contributed by atoms with Crippen LogP contribution in [0.4, 0.5) is 0 Å². The van der Waals surface area contributed by atoms with Gasteiger partial charge in [0, 0.05) is 19.0 Å². The van der Waals surface area contributed by atoms with Gasteiger partial charge in [-0.05, 0) is 20.4 Å². The van der Waals surface area contributed by atoms with Crippen molar-refractivity contribution in [3.63, 3.8) is 0 Å². The minimum atomic E-state index is -0.166. The van der Waals surface area contributed by atoms with Gasteiger partial charge in [-0.1, -0.05) is 6.92 Å². The molecule has 0 radical (unpaired) electrons. The molecule has 0 heterocycles. The van der Waals surface area contributed by atoms with Gasteiger partial charge >= 0.3 is 5.97 Å². The van der Waals surface area contributed by atoms with Crippen molar-refractivity contribution in [2.75, 3.05) is 19.7 Å². The maximum absolute atomic E-state index is 11.2. The number of hydrogen-bond donors (Lipinski definition) is 0. The summed E-state index contributed by atoms with van der Waals surface area (Å²) in [6, 6.07) is 2.25. The topological polar surface area (TPSA) is 53.3 Å². The van der Waals surface area contributed by atoms with Crippen LogP contribution < -0.4 is 0 Å². The van der Waals surface area contributed by atoms with Gasteiger partial charge in [0.2, 0.25) is 0 Å². The summed E-state index contributed by atoms with van der Waals surface area (Å²) < 4.78 is 4.88. The second-order valence-corrected chi connectivity index (χ2v) is 3.39. The van der Waals surface area contributed by atoms with Crippen LogP contribution in [0.2, 0.25) is 0 Å². The minimum Gasteiger partial charge on any atom is -0.466 e. The van der Waals surface area contributed by atoms with Gasteiger partial charge in [0.15, 0.2) is 0 Å². The van der Waals surface area contributed by atoms with Crippen LogP contribution in [0.3, 0.4) is 0 Å². The van der Waals surface area contributed by atoms with E-state index < -0.39 is 0 Å². The Morgan fingerprint density at radius 3 is 2.67 bits per heavy atom. The zero-order valence-corrected chi connectivity index (χ0v) is 9.82. The van der Waals surface area contributed by atoms with E-state index >= 15 is 0 Å². The second-order valence-electron chi connectivity index (χ2n) is 3.39. The van der Waals surface area contributed by atoms with Crippen molar-refractivity contribution in [2.45, 2.75) is 39.7 Å². The lowest BCUT2D eigenvalue weighted by atomic mass is 10.2. The summed E-state index contributed by atoms with van der Waals surface area (Å²) in [6.45, 7) is 7.80. The first-order chi connectivity index (χ1) is 7.15. The van der Waals surface area contributed by atoms with Crippen molar-refractivity contribution >= 4 is 5.97 Å². The predicted octanol–water partition coefficient (Wildman–Crippen LogP) is 1.56. The smallest absolute Gasteiger partial charge is 0.307 e. The van der Waals surface area contributed by atoms with E-state index in [-0.39, 0.29) is 12.0 Å². The van der Waals surface area contributed by atoms with Crippen LogP contribution in [-0.2, 0) is 9.53 Å². The lowest BCUT2D eigenvalue weighted by Crippen LogP contribution is -2.35. The van der Waals surface area contributed by atoms with Crippen LogP contribution in [-0.4, -0.2) is 36.6 Å². The third kappa shape index (κ3) is 6.08. The first kappa shape index (κ1) is 13.9. The van der Waals surface area contributed by atoms with Gasteiger partial charge in [0.25, 0.3) is 0 Å². The first-order valence-corrected chi connectivity index (χ1v) is 5.42. The van der Waals surface area contributed by atoms with E-state index in [9.17, 15) is 4.79 Å². The monoisotopic (exact) mass is 212 g/mol. The molecule has 0 aliphatic heterocycles. The SMILES string of the molecule is CCOC(=O)CC(C)N(CC)CCC#N. The van der Waals surface area contributed by atoms with E-state index in [2.05, 4.69) is 11.0 Å². The van der Waals surface area contributed by atoms with Crippen molar-refractivity contribution in [1.82, 2.24) is 4.90 Å². The van der Waals surface area contributed by atoms with Gasteiger partial charge in [-0.25, -0.2) is 0 Å². The second kappa shape index (κ2) is 8.25. The molecule has 86 valence electrons. The summed E-state index contributed by atoms with van der Waals surface area (Å²) in [7, 11) is 0. The summed E-state index contributed by atoms with van der Waals surface area (Å²) in [5.74, 6) is -0.166. The minimum absolute atomic E-state index is 0.141. The van der Waals surface area contributed by atoms with Gasteiger partial charge in [-0.15, -0.1) is 0 Å². The molecule has 0 fully saturated rings. The molecule has 0 N–H and O–H groups in total. The quantitative estimate of drug-likeness (QED) is 0.601. The fraction of sp³-hybridized carbons (Fsp3) is 0.818. The zero-order chi connectivity index (χ0) is 11.7. The molecule has 4 heteroatoms. The Labute approximate surface area is 91.8 Å². The van der Waals surface area contributed by atoms with Crippen molar-refractivity contribution in [1.29, 1.82) is 5.26 Å². The molecule has 0 aromatic rings. The Morgan fingerprint density at radius 1 is 1.53 bits per heavy atom. The fourth-order valence-electron chi connectivity index (χ4n) is 1.47. The number of carbonyl (C=O) groups is 1. The molecule has 0 amide bonds. The molecule has 1 unspecified atom stereocenters. The lowest BCUT2D eigenvalue weighted by Gasteiger charge is -2.26. The Hall–Kier alpha value is -1.08. The summed E-state index contributed by atoms with van der Waals surface area (Å²) in [4.78, 5) is 13.3. The molecule has 0 spiro atoms. The van der Waals surface area contributed by atoms with Crippen molar-refractivity contribution in [2.24, 2.45) is 0 Å². The third-order valence-electron chi connectivity index (χ3n) is 2.31. The highest BCUT2D eigenvalue weighted by molar-refractivity contribution is 5.70. The molecule has 0 aromatic heterocycles. The van der Waals surface area contributed by atoms with Crippen LogP contribution in [0.25, 0.3) is 0 Å². The summed E-state index contributed by atoms with van der Waals surface area (Å²) >= 11 is 0. The Bertz CT molecular complexity index is 223. The fourth-order valence-corrected chi connectivity index (χ4v) is 1.47. The van der Waals surface area contributed by atoms with Crippen LogP contribution >= 0.6 is 0 Å². The van der Waals surface area contributed by atoms with Gasteiger partial charge in [-0.2, -0.15) is 5.26 Å². The molecule has 0 rings (SSSR count). The van der Waals surface area contributed by atoms with E-state index in [0.29, 0.717) is 26.0 Å². The van der Waals surface area contributed by atoms with Crippen LogP contribution in [0, 0.1) is 11.3 Å². The third-order valence-corrected chi connectivity index (χ3v) is 2.31. The van der Waals surface area contributed by atoms with Crippen molar-refractivity contribution in [3.05, 3.63) is 0 Å². The molecular formula is C11H20N2O2. The number of carbonyl (C=O) groups excluding carboxylic acids is 1.